The van der Waals surface area contributed by atoms with Crippen LogP contribution < -0.4 is 9.62 Å². The third-order valence-corrected chi connectivity index (χ3v) is 4.27. The van der Waals surface area contributed by atoms with Crippen LogP contribution in [0.2, 0.25) is 0 Å². The second-order valence-electron chi connectivity index (χ2n) is 4.68. The number of hydrogen-bond donors (Lipinski definition) is 1. The molecule has 102 valence electrons. The van der Waals surface area contributed by atoms with E-state index in [1.54, 1.807) is 11.9 Å². The Morgan fingerprint density at radius 1 is 1.26 bits per heavy atom. The molecule has 0 amide bonds. The zero-order valence-corrected chi connectivity index (χ0v) is 11.8. The molecule has 1 N–H and O–H groups in total. The molecular formula is C14H19N3OS. The van der Waals surface area contributed by atoms with Gasteiger partial charge in [-0.15, -0.1) is 0 Å². The zero-order valence-electron chi connectivity index (χ0n) is 11.0. The number of benzene rings is 1. The predicted molar refractivity (Wildman–Crippen MR) is 82.0 cm³/mol. The van der Waals surface area contributed by atoms with Gasteiger partial charge in [0, 0.05) is 13.0 Å². The van der Waals surface area contributed by atoms with Crippen molar-refractivity contribution in [2.24, 2.45) is 4.99 Å². The van der Waals surface area contributed by atoms with Gasteiger partial charge in [0.25, 0.3) is 0 Å². The first kappa shape index (κ1) is 12.8. The monoisotopic (exact) mass is 277 g/mol. The van der Waals surface area contributed by atoms with Crippen LogP contribution in [0.15, 0.2) is 29.3 Å². The predicted octanol–water partition coefficient (Wildman–Crippen LogP) is 3.12. The summed E-state index contributed by atoms with van der Waals surface area (Å²) >= 11 is 1.72. The van der Waals surface area contributed by atoms with Gasteiger partial charge in [-0.1, -0.05) is 12.1 Å². The molecule has 1 aromatic rings. The van der Waals surface area contributed by atoms with E-state index in [0.29, 0.717) is 0 Å². The third kappa shape index (κ3) is 3.22. The number of hydrogen-bond acceptors (Lipinski definition) is 5. The highest BCUT2D eigenvalue weighted by molar-refractivity contribution is 8.00. The van der Waals surface area contributed by atoms with Gasteiger partial charge in [0.15, 0.2) is 0 Å². The second kappa shape index (κ2) is 6.30. The summed E-state index contributed by atoms with van der Waals surface area (Å²) in [5, 5.41) is 3.50. The molecule has 0 spiro atoms. The Hall–Kier alpha value is -1.20. The molecule has 2 aliphatic rings. The number of aliphatic imine (C=N–C) groups is 1. The summed E-state index contributed by atoms with van der Waals surface area (Å²) in [7, 11) is 0. The maximum Gasteiger partial charge on any atom is 0.112 e. The SMILES string of the molecule is c1ccc(N2CCOCS2)c(NC2=NCCCC2)c1. The lowest BCUT2D eigenvalue weighted by Crippen LogP contribution is -2.27. The highest BCUT2D eigenvalue weighted by Gasteiger charge is 2.16. The lowest BCUT2D eigenvalue weighted by Gasteiger charge is -2.29. The van der Waals surface area contributed by atoms with Crippen LogP contribution in [0, 0.1) is 0 Å². The second-order valence-corrected chi connectivity index (χ2v) is 5.62. The molecular weight excluding hydrogens is 258 g/mol. The van der Waals surface area contributed by atoms with Crippen molar-refractivity contribution in [2.45, 2.75) is 19.3 Å². The lowest BCUT2D eigenvalue weighted by molar-refractivity contribution is 0.185. The van der Waals surface area contributed by atoms with E-state index in [1.807, 2.05) is 0 Å². The van der Waals surface area contributed by atoms with Gasteiger partial charge in [-0.3, -0.25) is 4.99 Å². The van der Waals surface area contributed by atoms with Crippen LogP contribution in [0.4, 0.5) is 11.4 Å². The normalized spacial score (nSPS) is 20.0. The van der Waals surface area contributed by atoms with Crippen molar-refractivity contribution in [3.05, 3.63) is 24.3 Å². The fourth-order valence-corrected chi connectivity index (χ4v) is 3.13. The summed E-state index contributed by atoms with van der Waals surface area (Å²) in [6.07, 6.45) is 3.51. The number of nitrogens with zero attached hydrogens (tertiary/aromatic N) is 2. The molecule has 0 unspecified atom stereocenters. The van der Waals surface area contributed by atoms with Crippen LogP contribution in [0.25, 0.3) is 0 Å². The quantitative estimate of drug-likeness (QED) is 0.843. The van der Waals surface area contributed by atoms with Crippen molar-refractivity contribution in [2.75, 3.05) is 35.3 Å². The largest absolute Gasteiger partial charge is 0.367 e. The number of rotatable bonds is 2. The summed E-state index contributed by atoms with van der Waals surface area (Å²) in [4.78, 5) is 4.57. The Labute approximate surface area is 118 Å². The van der Waals surface area contributed by atoms with Crippen molar-refractivity contribution in [3.63, 3.8) is 0 Å². The zero-order chi connectivity index (χ0) is 12.9. The molecule has 0 saturated carbocycles. The van der Waals surface area contributed by atoms with E-state index in [0.717, 1.165) is 43.6 Å². The fraction of sp³-hybridized carbons (Fsp3) is 0.500. The number of anilines is 2. The van der Waals surface area contributed by atoms with E-state index in [4.69, 9.17) is 4.74 Å². The van der Waals surface area contributed by atoms with Crippen molar-refractivity contribution in [3.8, 4) is 0 Å². The van der Waals surface area contributed by atoms with E-state index >= 15 is 0 Å². The Morgan fingerprint density at radius 3 is 3.00 bits per heavy atom. The molecule has 1 aromatic carbocycles. The Bertz CT molecular complexity index is 458. The average molecular weight is 277 g/mol. The molecule has 5 heteroatoms. The van der Waals surface area contributed by atoms with Gasteiger partial charge in [-0.05, 0) is 36.9 Å². The van der Waals surface area contributed by atoms with E-state index in [-0.39, 0.29) is 0 Å². The number of ether oxygens (including phenoxy) is 1. The molecule has 2 heterocycles. The molecule has 0 radical (unpaired) electrons. The molecule has 1 saturated heterocycles. The van der Waals surface area contributed by atoms with Gasteiger partial charge < -0.3 is 14.4 Å². The molecule has 0 aromatic heterocycles. The molecule has 2 aliphatic heterocycles. The van der Waals surface area contributed by atoms with Crippen molar-refractivity contribution < 1.29 is 4.74 Å². The van der Waals surface area contributed by atoms with Crippen molar-refractivity contribution in [1.82, 2.24) is 0 Å². The number of nitrogens with one attached hydrogen (secondary N) is 1. The minimum Gasteiger partial charge on any atom is -0.367 e. The highest BCUT2D eigenvalue weighted by atomic mass is 32.2. The summed E-state index contributed by atoms with van der Waals surface area (Å²) in [5.41, 5.74) is 2.38. The fourth-order valence-electron chi connectivity index (χ4n) is 2.31. The van der Waals surface area contributed by atoms with Gasteiger partial charge in [0.1, 0.15) is 11.8 Å². The third-order valence-electron chi connectivity index (χ3n) is 3.31. The van der Waals surface area contributed by atoms with Gasteiger partial charge >= 0.3 is 0 Å². The number of para-hydroxylation sites is 2. The van der Waals surface area contributed by atoms with E-state index in [1.165, 1.54) is 18.5 Å². The van der Waals surface area contributed by atoms with Gasteiger partial charge in [-0.2, -0.15) is 0 Å². The Kier molecular flexibility index (Phi) is 4.25. The van der Waals surface area contributed by atoms with Crippen molar-refractivity contribution >= 4 is 29.2 Å². The Balaban J connectivity index is 1.78. The van der Waals surface area contributed by atoms with Crippen LogP contribution in [-0.4, -0.2) is 31.5 Å². The topological polar surface area (TPSA) is 36.9 Å². The highest BCUT2D eigenvalue weighted by Crippen LogP contribution is 2.32. The Morgan fingerprint density at radius 2 is 2.21 bits per heavy atom. The first-order valence-corrected chi connectivity index (χ1v) is 7.75. The summed E-state index contributed by atoms with van der Waals surface area (Å²) in [6.45, 7) is 2.68. The van der Waals surface area contributed by atoms with Crippen LogP contribution in [-0.2, 0) is 4.74 Å². The van der Waals surface area contributed by atoms with Gasteiger partial charge in [0.2, 0.25) is 0 Å². The van der Waals surface area contributed by atoms with Crippen LogP contribution in [0.5, 0.6) is 0 Å². The van der Waals surface area contributed by atoms with E-state index in [2.05, 4.69) is 38.9 Å². The number of amidine groups is 1. The molecule has 19 heavy (non-hydrogen) atoms. The molecule has 1 fully saturated rings. The maximum absolute atomic E-state index is 5.39. The van der Waals surface area contributed by atoms with Gasteiger partial charge in [0.05, 0.1) is 24.5 Å². The maximum atomic E-state index is 5.39. The molecule has 0 atom stereocenters. The molecule has 0 bridgehead atoms. The summed E-state index contributed by atoms with van der Waals surface area (Å²) < 4.78 is 7.69. The molecule has 3 rings (SSSR count). The molecule has 4 nitrogen and oxygen atoms in total. The first-order chi connectivity index (χ1) is 9.43. The molecule has 0 aliphatic carbocycles. The van der Waals surface area contributed by atoms with Crippen molar-refractivity contribution in [1.29, 1.82) is 0 Å². The minimum atomic E-state index is 0.731. The summed E-state index contributed by atoms with van der Waals surface area (Å²) in [6, 6.07) is 8.44. The average Bonchev–Trinajstić information content (AvgIpc) is 2.50. The smallest absolute Gasteiger partial charge is 0.112 e. The lowest BCUT2D eigenvalue weighted by atomic mass is 10.1. The van der Waals surface area contributed by atoms with Gasteiger partial charge in [-0.25, -0.2) is 0 Å². The van der Waals surface area contributed by atoms with Crippen LogP contribution >= 0.6 is 11.9 Å². The van der Waals surface area contributed by atoms with Crippen LogP contribution in [0.3, 0.4) is 0 Å². The first-order valence-electron chi connectivity index (χ1n) is 6.81. The summed E-state index contributed by atoms with van der Waals surface area (Å²) in [5.74, 6) is 1.85. The van der Waals surface area contributed by atoms with E-state index < -0.39 is 0 Å². The van der Waals surface area contributed by atoms with Crippen LogP contribution in [0.1, 0.15) is 19.3 Å². The minimum absolute atomic E-state index is 0.731. The van der Waals surface area contributed by atoms with E-state index in [9.17, 15) is 0 Å². The standard InChI is InChI=1S/C14H19N3OS/c1-2-6-13(17-9-10-18-11-19-17)12(5-1)16-14-7-3-4-8-15-14/h1-2,5-6H,3-4,7-11H2,(H,15,16).